The predicted octanol–water partition coefficient (Wildman–Crippen LogP) is 5.96. The number of amides is 2. The summed E-state index contributed by atoms with van der Waals surface area (Å²) in [6.45, 7) is 4.93. The molecule has 5 aromatic rings. The third kappa shape index (κ3) is 9.37. The molecule has 0 bridgehead atoms. The second-order valence-electron chi connectivity index (χ2n) is 14.5. The highest BCUT2D eigenvalue weighted by Gasteiger charge is 2.29. The number of nitrogens with one attached hydrogen (secondary N) is 2. The van der Waals surface area contributed by atoms with Crippen LogP contribution in [0.3, 0.4) is 0 Å². The van der Waals surface area contributed by atoms with Crippen LogP contribution in [-0.4, -0.2) is 85.4 Å². The molecule has 14 nitrogen and oxygen atoms in total. The summed E-state index contributed by atoms with van der Waals surface area (Å²) in [5, 5.41) is 25.1. The molecule has 0 saturated carbocycles. The number of methoxy groups -OCH3 is 1. The van der Waals surface area contributed by atoms with E-state index in [4.69, 9.17) is 32.7 Å². The quantitative estimate of drug-likeness (QED) is 0.110. The fraction of sp³-hybridized carbons (Fsp3) is 0.317. The van der Waals surface area contributed by atoms with Crippen molar-refractivity contribution in [3.05, 3.63) is 105 Å². The molecule has 1 aliphatic rings. The summed E-state index contributed by atoms with van der Waals surface area (Å²) in [5.74, 6) is -0.998. The zero-order valence-corrected chi connectivity index (χ0v) is 33.2. The SMILES string of the molecule is COc1nc(-c2cccc(-c3cccc(-c4ccn5c(=O)c(CN(C[C@@H]6CCC(=O)N6)C(=O)OC(C)(C)C)cnc5c4)c3Cl)c2Cl)ccc1CNC(CO)C(=O)O. The van der Waals surface area contributed by atoms with E-state index in [9.17, 15) is 29.4 Å². The van der Waals surface area contributed by atoms with E-state index in [1.807, 2.05) is 36.4 Å². The summed E-state index contributed by atoms with van der Waals surface area (Å²) in [6.07, 6.45) is 3.40. The molecule has 1 aliphatic heterocycles. The number of benzene rings is 2. The monoisotopic (exact) mass is 816 g/mol. The predicted molar refractivity (Wildman–Crippen MR) is 215 cm³/mol. The van der Waals surface area contributed by atoms with Gasteiger partial charge in [-0.15, -0.1) is 0 Å². The van der Waals surface area contributed by atoms with Gasteiger partial charge in [-0.3, -0.25) is 24.1 Å². The molecule has 57 heavy (non-hydrogen) atoms. The van der Waals surface area contributed by atoms with Gasteiger partial charge in [0.25, 0.3) is 5.56 Å². The number of carboxylic acids is 1. The Morgan fingerprint density at radius 2 is 1.70 bits per heavy atom. The summed E-state index contributed by atoms with van der Waals surface area (Å²) >= 11 is 14.2. The lowest BCUT2D eigenvalue weighted by molar-refractivity contribution is -0.140. The van der Waals surface area contributed by atoms with Gasteiger partial charge in [-0.1, -0.05) is 65.7 Å². The number of halogens is 2. The van der Waals surface area contributed by atoms with E-state index in [0.717, 1.165) is 0 Å². The Bertz CT molecular complexity index is 2400. The van der Waals surface area contributed by atoms with Gasteiger partial charge in [0, 0.05) is 65.8 Å². The molecule has 0 aliphatic carbocycles. The molecule has 1 saturated heterocycles. The Labute approximate surface area is 338 Å². The molecule has 16 heteroatoms. The zero-order chi connectivity index (χ0) is 41.0. The number of hydrogen-bond acceptors (Lipinski definition) is 10. The van der Waals surface area contributed by atoms with Gasteiger partial charge in [0.15, 0.2) is 0 Å². The van der Waals surface area contributed by atoms with Crippen molar-refractivity contribution in [1.82, 2.24) is 29.9 Å². The van der Waals surface area contributed by atoms with Crippen LogP contribution in [0.25, 0.3) is 39.2 Å². The van der Waals surface area contributed by atoms with E-state index >= 15 is 0 Å². The maximum atomic E-state index is 13.7. The van der Waals surface area contributed by atoms with Crippen molar-refractivity contribution in [3.8, 4) is 39.4 Å². The topological polar surface area (TPSA) is 185 Å². The number of carbonyl (C=O) groups is 3. The van der Waals surface area contributed by atoms with Crippen molar-refractivity contribution >= 4 is 46.8 Å². The second-order valence-corrected chi connectivity index (χ2v) is 15.3. The van der Waals surface area contributed by atoms with E-state index < -0.39 is 30.3 Å². The average Bonchev–Trinajstić information content (AvgIpc) is 3.59. The fourth-order valence-electron chi connectivity index (χ4n) is 6.50. The fourth-order valence-corrected chi connectivity index (χ4v) is 7.16. The Morgan fingerprint density at radius 3 is 2.33 bits per heavy atom. The largest absolute Gasteiger partial charge is 0.481 e. The molecular weight excluding hydrogens is 775 g/mol. The number of fused-ring (bicyclic) bond motifs is 1. The van der Waals surface area contributed by atoms with Crippen molar-refractivity contribution in [3.63, 3.8) is 0 Å². The number of ether oxygens (including phenoxy) is 2. The first-order valence-electron chi connectivity index (χ1n) is 18.1. The lowest BCUT2D eigenvalue weighted by Gasteiger charge is -2.29. The number of carboxylic acid groups (broad SMARTS) is 1. The molecule has 2 atom stereocenters. The van der Waals surface area contributed by atoms with E-state index in [1.54, 1.807) is 51.2 Å². The summed E-state index contributed by atoms with van der Waals surface area (Å²) in [6, 6.07) is 16.7. The van der Waals surface area contributed by atoms with Gasteiger partial charge in [-0.25, -0.2) is 14.8 Å². The summed E-state index contributed by atoms with van der Waals surface area (Å²) < 4.78 is 12.5. The number of aromatic nitrogens is 3. The Morgan fingerprint density at radius 1 is 1.02 bits per heavy atom. The van der Waals surface area contributed by atoms with Gasteiger partial charge in [-0.05, 0) is 51.0 Å². The molecule has 1 fully saturated rings. The molecule has 3 aromatic heterocycles. The maximum absolute atomic E-state index is 13.7. The zero-order valence-electron chi connectivity index (χ0n) is 31.7. The number of nitrogens with zero attached hydrogens (tertiary/aromatic N) is 4. The van der Waals surface area contributed by atoms with Crippen LogP contribution in [0.5, 0.6) is 5.88 Å². The summed E-state index contributed by atoms with van der Waals surface area (Å²) in [4.78, 5) is 60.7. The first-order chi connectivity index (χ1) is 27.2. The Kier molecular flexibility index (Phi) is 12.5. The summed E-state index contributed by atoms with van der Waals surface area (Å²) in [7, 11) is 1.46. The molecule has 0 spiro atoms. The summed E-state index contributed by atoms with van der Waals surface area (Å²) in [5.41, 5.74) is 3.89. The van der Waals surface area contributed by atoms with Crippen LogP contribution in [0.2, 0.25) is 10.0 Å². The van der Waals surface area contributed by atoms with Crippen LogP contribution in [-0.2, 0) is 27.4 Å². The molecular formula is C41H42Cl2N6O8. The number of aliphatic hydroxyl groups is 1. The minimum absolute atomic E-state index is 0.0625. The highest BCUT2D eigenvalue weighted by atomic mass is 35.5. The van der Waals surface area contributed by atoms with Crippen molar-refractivity contribution in [2.24, 2.45) is 0 Å². The molecule has 298 valence electrons. The highest BCUT2D eigenvalue weighted by Crippen LogP contribution is 2.42. The first kappa shape index (κ1) is 41.1. The van der Waals surface area contributed by atoms with Gasteiger partial charge in [0.1, 0.15) is 17.3 Å². The maximum Gasteiger partial charge on any atom is 0.410 e. The van der Waals surface area contributed by atoms with Crippen molar-refractivity contribution < 1.29 is 34.1 Å². The number of hydrogen-bond donors (Lipinski definition) is 4. The third-order valence-corrected chi connectivity index (χ3v) is 10.2. The standard InChI is InChI=1S/C41H42Cl2N6O8/c1-41(2,3)57-40(55)48(21-26-12-14-34(51)46-26)20-25-19-45-33-17-23(15-16-49(33)38(25)52)27-7-5-8-28(35(27)42)29-9-6-10-30(36(29)43)31-13-11-24(37(47-31)56-4)18-44-32(22-50)39(53)54/h5-11,13,15-17,19,26,32,44,50H,12,14,18,20-22H2,1-4H3,(H,46,51)(H,53,54)/t26-,32?/m0/s1. The number of aliphatic hydroxyl groups excluding tert-OH is 1. The highest BCUT2D eigenvalue weighted by molar-refractivity contribution is 6.39. The van der Waals surface area contributed by atoms with E-state index in [0.29, 0.717) is 67.6 Å². The van der Waals surface area contributed by atoms with Gasteiger partial charge in [0.2, 0.25) is 11.8 Å². The molecule has 0 radical (unpaired) electrons. The second kappa shape index (κ2) is 17.3. The van der Waals surface area contributed by atoms with Crippen molar-refractivity contribution in [2.75, 3.05) is 20.3 Å². The first-order valence-corrected chi connectivity index (χ1v) is 18.9. The van der Waals surface area contributed by atoms with Crippen molar-refractivity contribution in [1.29, 1.82) is 0 Å². The van der Waals surface area contributed by atoms with Gasteiger partial charge in [-0.2, -0.15) is 0 Å². The molecule has 6 rings (SSSR count). The van der Waals surface area contributed by atoms with Crippen LogP contribution < -0.4 is 20.9 Å². The van der Waals surface area contributed by atoms with Crippen LogP contribution in [0.15, 0.2) is 77.9 Å². The molecule has 4 N–H and O–H groups in total. The molecule has 2 amide bonds. The average molecular weight is 818 g/mol. The lowest BCUT2D eigenvalue weighted by Crippen LogP contribution is -2.44. The normalized spacial score (nSPS) is 14.6. The lowest BCUT2D eigenvalue weighted by atomic mass is 9.97. The Balaban J connectivity index is 1.27. The smallest absolute Gasteiger partial charge is 0.410 e. The van der Waals surface area contributed by atoms with Gasteiger partial charge < -0.3 is 29.9 Å². The number of carbonyl (C=O) groups excluding carboxylic acids is 2. The third-order valence-electron chi connectivity index (χ3n) is 9.35. The van der Waals surface area contributed by atoms with Crippen molar-refractivity contribution in [2.45, 2.75) is 64.4 Å². The number of aliphatic carboxylic acids is 1. The van der Waals surface area contributed by atoms with E-state index in [1.165, 1.54) is 22.6 Å². The van der Waals surface area contributed by atoms with Crippen LogP contribution in [0.1, 0.15) is 44.7 Å². The number of rotatable bonds is 13. The van der Waals surface area contributed by atoms with Gasteiger partial charge in [0.05, 0.1) is 41.6 Å². The minimum atomic E-state index is -1.18. The molecule has 2 aromatic carbocycles. The van der Waals surface area contributed by atoms with Gasteiger partial charge >= 0.3 is 12.1 Å². The van der Waals surface area contributed by atoms with E-state index in [2.05, 4.69) is 20.6 Å². The molecule has 4 heterocycles. The van der Waals surface area contributed by atoms with E-state index in [-0.39, 0.29) is 48.6 Å². The Hall–Kier alpha value is -5.54. The molecule has 1 unspecified atom stereocenters. The van der Waals surface area contributed by atoms with Crippen LogP contribution >= 0.6 is 23.2 Å². The number of pyridine rings is 2. The van der Waals surface area contributed by atoms with Crippen LogP contribution in [0.4, 0.5) is 4.79 Å². The minimum Gasteiger partial charge on any atom is -0.481 e. The van der Waals surface area contributed by atoms with Crippen LogP contribution in [0, 0.1) is 0 Å².